The van der Waals surface area contributed by atoms with Gasteiger partial charge in [-0.15, -0.1) is 11.6 Å². The van der Waals surface area contributed by atoms with Gasteiger partial charge >= 0.3 is 0 Å². The molecular formula is C25H27Cl3N2O3S. The number of sulfone groups is 1. The predicted molar refractivity (Wildman–Crippen MR) is 138 cm³/mol. The molecule has 4 rings (SSSR count). The van der Waals surface area contributed by atoms with E-state index in [0.717, 1.165) is 17.5 Å². The Bertz CT molecular complexity index is 1320. The van der Waals surface area contributed by atoms with E-state index in [-0.39, 0.29) is 17.3 Å². The lowest BCUT2D eigenvalue weighted by molar-refractivity contribution is 0.0726. The first-order chi connectivity index (χ1) is 15.9. The van der Waals surface area contributed by atoms with Gasteiger partial charge in [0.1, 0.15) is 11.3 Å². The van der Waals surface area contributed by atoms with Crippen LogP contribution in [0.5, 0.6) is 0 Å². The van der Waals surface area contributed by atoms with Crippen LogP contribution in [-0.4, -0.2) is 34.9 Å². The fourth-order valence-electron chi connectivity index (χ4n) is 4.62. The summed E-state index contributed by atoms with van der Waals surface area (Å²) in [7, 11) is -3.29. The van der Waals surface area contributed by atoms with Gasteiger partial charge in [0.15, 0.2) is 9.84 Å². The molecule has 1 fully saturated rings. The second-order valence-corrected chi connectivity index (χ2v) is 12.8. The maximum absolute atomic E-state index is 12.0. The van der Waals surface area contributed by atoms with Crippen molar-refractivity contribution >= 4 is 44.6 Å². The SMILES string of the molecule is CC(C)(O)c1nn([C@H]2CCC(c3cccc(S(C)(=O)=O)c3)CC2Cl)c(-c2ccccc2Cl)c1Cl. The van der Waals surface area contributed by atoms with Gasteiger partial charge in [0.2, 0.25) is 0 Å². The lowest BCUT2D eigenvalue weighted by Gasteiger charge is -2.34. The Kier molecular flexibility index (Phi) is 7.11. The van der Waals surface area contributed by atoms with Crippen LogP contribution in [0, 0.1) is 0 Å². The minimum absolute atomic E-state index is 0.129. The molecule has 0 aliphatic heterocycles. The molecule has 1 aromatic heterocycles. The molecule has 0 saturated heterocycles. The van der Waals surface area contributed by atoms with Gasteiger partial charge in [-0.05, 0) is 62.8 Å². The van der Waals surface area contributed by atoms with Crippen LogP contribution in [0.1, 0.15) is 56.3 Å². The first-order valence-electron chi connectivity index (χ1n) is 11.1. The molecule has 182 valence electrons. The first-order valence-corrected chi connectivity index (χ1v) is 14.2. The van der Waals surface area contributed by atoms with E-state index < -0.39 is 15.4 Å². The highest BCUT2D eigenvalue weighted by atomic mass is 35.5. The van der Waals surface area contributed by atoms with Crippen molar-refractivity contribution in [2.45, 2.75) is 60.9 Å². The molecule has 3 atom stereocenters. The van der Waals surface area contributed by atoms with Crippen molar-refractivity contribution < 1.29 is 13.5 Å². The number of halogens is 3. The number of aromatic nitrogens is 2. The molecule has 0 bridgehead atoms. The van der Waals surface area contributed by atoms with Gasteiger partial charge in [-0.3, -0.25) is 4.68 Å². The molecule has 0 radical (unpaired) electrons. The monoisotopic (exact) mass is 540 g/mol. The maximum atomic E-state index is 12.0. The van der Waals surface area contributed by atoms with E-state index in [1.165, 1.54) is 6.26 Å². The molecule has 1 N–H and O–H groups in total. The van der Waals surface area contributed by atoms with Crippen molar-refractivity contribution in [3.8, 4) is 11.3 Å². The van der Waals surface area contributed by atoms with E-state index in [1.807, 2.05) is 28.9 Å². The van der Waals surface area contributed by atoms with Crippen molar-refractivity contribution in [2.24, 2.45) is 0 Å². The number of aliphatic hydroxyl groups is 1. The smallest absolute Gasteiger partial charge is 0.175 e. The zero-order valence-electron chi connectivity index (χ0n) is 19.2. The number of nitrogens with zero attached hydrogens (tertiary/aromatic N) is 2. The second-order valence-electron chi connectivity index (χ2n) is 9.43. The minimum Gasteiger partial charge on any atom is -0.384 e. The summed E-state index contributed by atoms with van der Waals surface area (Å²) in [6.07, 6.45) is 3.38. The van der Waals surface area contributed by atoms with E-state index in [1.54, 1.807) is 38.1 Å². The highest BCUT2D eigenvalue weighted by Gasteiger charge is 2.37. The minimum atomic E-state index is -3.29. The summed E-state index contributed by atoms with van der Waals surface area (Å²) >= 11 is 20.2. The number of hydrogen-bond acceptors (Lipinski definition) is 4. The Morgan fingerprint density at radius 1 is 1.09 bits per heavy atom. The van der Waals surface area contributed by atoms with Crippen LogP contribution in [-0.2, 0) is 15.4 Å². The van der Waals surface area contributed by atoms with Crippen LogP contribution in [0.15, 0.2) is 53.4 Å². The fourth-order valence-corrected chi connectivity index (χ4v) is 6.42. The lowest BCUT2D eigenvalue weighted by Crippen LogP contribution is -2.29. The summed E-state index contributed by atoms with van der Waals surface area (Å²) in [4.78, 5) is 0.313. The van der Waals surface area contributed by atoms with Crippen molar-refractivity contribution in [3.63, 3.8) is 0 Å². The average Bonchev–Trinajstić information content (AvgIpc) is 3.10. The zero-order chi connectivity index (χ0) is 24.8. The molecule has 1 heterocycles. The molecule has 34 heavy (non-hydrogen) atoms. The first kappa shape index (κ1) is 25.5. The molecular weight excluding hydrogens is 515 g/mol. The molecule has 5 nitrogen and oxygen atoms in total. The molecule has 3 aromatic rings. The molecule has 2 unspecified atom stereocenters. The van der Waals surface area contributed by atoms with Crippen LogP contribution in [0.25, 0.3) is 11.3 Å². The standard InChI is InChI=1S/C25H27Cl3N2O3S/c1-25(2,31)24-22(28)23(18-9-4-5-10-19(18)26)30(29-24)21-12-11-16(14-20(21)27)15-7-6-8-17(13-15)34(3,32)33/h4-10,13,16,20-21,31H,11-12,14H2,1-3H3/t16?,20?,21-/m0/s1. The van der Waals surface area contributed by atoms with Crippen molar-refractivity contribution in [1.82, 2.24) is 9.78 Å². The Morgan fingerprint density at radius 3 is 2.41 bits per heavy atom. The summed E-state index contributed by atoms with van der Waals surface area (Å²) in [5.74, 6) is 0.129. The highest BCUT2D eigenvalue weighted by Crippen LogP contribution is 2.46. The van der Waals surface area contributed by atoms with Crippen molar-refractivity contribution in [2.75, 3.05) is 6.26 Å². The predicted octanol–water partition coefficient (Wildman–Crippen LogP) is 6.60. The molecule has 0 amide bonds. The Balaban J connectivity index is 1.71. The van der Waals surface area contributed by atoms with Gasteiger partial charge in [0.25, 0.3) is 0 Å². The average molecular weight is 542 g/mol. The van der Waals surface area contributed by atoms with Crippen LogP contribution < -0.4 is 0 Å². The number of hydrogen-bond donors (Lipinski definition) is 1. The Morgan fingerprint density at radius 2 is 1.79 bits per heavy atom. The number of rotatable bonds is 5. The van der Waals surface area contributed by atoms with Crippen LogP contribution >= 0.6 is 34.8 Å². The number of alkyl halides is 1. The van der Waals surface area contributed by atoms with E-state index in [9.17, 15) is 13.5 Å². The quantitative estimate of drug-likeness (QED) is 0.369. The van der Waals surface area contributed by atoms with Crippen molar-refractivity contribution in [1.29, 1.82) is 0 Å². The van der Waals surface area contributed by atoms with E-state index >= 15 is 0 Å². The summed E-state index contributed by atoms with van der Waals surface area (Å²) in [5, 5.41) is 16.0. The molecule has 1 saturated carbocycles. The van der Waals surface area contributed by atoms with Gasteiger partial charge in [0.05, 0.1) is 27.0 Å². The summed E-state index contributed by atoms with van der Waals surface area (Å²) < 4.78 is 25.8. The largest absolute Gasteiger partial charge is 0.384 e. The fraction of sp³-hybridized carbons (Fsp3) is 0.400. The maximum Gasteiger partial charge on any atom is 0.175 e. The third-order valence-electron chi connectivity index (χ3n) is 6.37. The second kappa shape index (κ2) is 9.47. The van der Waals surface area contributed by atoms with Gasteiger partial charge in [-0.25, -0.2) is 8.42 Å². The molecule has 0 spiro atoms. The molecule has 9 heteroatoms. The van der Waals surface area contributed by atoms with Gasteiger partial charge in [-0.2, -0.15) is 5.10 Å². The van der Waals surface area contributed by atoms with Crippen molar-refractivity contribution in [3.05, 3.63) is 69.8 Å². The van der Waals surface area contributed by atoms with E-state index in [4.69, 9.17) is 39.9 Å². The third-order valence-corrected chi connectivity index (χ3v) is 8.64. The summed E-state index contributed by atoms with van der Waals surface area (Å²) in [6, 6.07) is 14.3. The topological polar surface area (TPSA) is 72.2 Å². The normalized spacial score (nSPS) is 21.6. The lowest BCUT2D eigenvalue weighted by atomic mass is 9.81. The van der Waals surface area contributed by atoms with E-state index in [0.29, 0.717) is 39.2 Å². The van der Waals surface area contributed by atoms with Crippen LogP contribution in [0.4, 0.5) is 0 Å². The highest BCUT2D eigenvalue weighted by molar-refractivity contribution is 7.90. The summed E-state index contributed by atoms with van der Waals surface area (Å²) in [6.45, 7) is 3.29. The van der Waals surface area contributed by atoms with E-state index in [2.05, 4.69) is 0 Å². The Labute approximate surface area is 215 Å². The molecule has 1 aliphatic carbocycles. The van der Waals surface area contributed by atoms with Crippen LogP contribution in [0.3, 0.4) is 0 Å². The Hall–Kier alpha value is -1.57. The number of benzene rings is 2. The third kappa shape index (κ3) is 5.02. The zero-order valence-corrected chi connectivity index (χ0v) is 22.3. The molecule has 1 aliphatic rings. The van der Waals surface area contributed by atoms with Crippen LogP contribution in [0.2, 0.25) is 10.0 Å². The summed E-state index contributed by atoms with van der Waals surface area (Å²) in [5.41, 5.74) is 1.45. The molecule has 2 aromatic carbocycles. The van der Waals surface area contributed by atoms with Gasteiger partial charge in [0, 0.05) is 16.8 Å². The van der Waals surface area contributed by atoms with Gasteiger partial charge in [-0.1, -0.05) is 53.5 Å². The van der Waals surface area contributed by atoms with Gasteiger partial charge < -0.3 is 5.11 Å².